The summed E-state index contributed by atoms with van der Waals surface area (Å²) in [7, 11) is 0. The van der Waals surface area contributed by atoms with E-state index in [0.717, 1.165) is 0 Å². The van der Waals surface area contributed by atoms with Gasteiger partial charge in [-0.15, -0.1) is 0 Å². The van der Waals surface area contributed by atoms with E-state index in [2.05, 4.69) is 4.98 Å². The van der Waals surface area contributed by atoms with Crippen molar-refractivity contribution in [1.29, 1.82) is 0 Å². The predicted molar refractivity (Wildman–Crippen MR) is 42.8 cm³/mol. The van der Waals surface area contributed by atoms with Crippen molar-refractivity contribution in [2.45, 2.75) is 12.5 Å². The molecule has 0 aliphatic rings. The van der Waals surface area contributed by atoms with Gasteiger partial charge in [-0.1, -0.05) is 0 Å². The van der Waals surface area contributed by atoms with Gasteiger partial charge in [-0.3, -0.25) is 4.98 Å². The summed E-state index contributed by atoms with van der Waals surface area (Å²) in [6, 6.07) is 2.44. The van der Waals surface area contributed by atoms with Gasteiger partial charge in [-0.2, -0.15) is 0 Å². The minimum Gasteiger partial charge on any atom is -0.387 e. The molecule has 0 aliphatic carbocycles. The zero-order valence-electron chi connectivity index (χ0n) is 6.57. The molecule has 1 aromatic rings. The summed E-state index contributed by atoms with van der Waals surface area (Å²) in [6.07, 6.45) is 0.964. The predicted octanol–water partition coefficient (Wildman–Crippen LogP) is 0.603. The van der Waals surface area contributed by atoms with Crippen LogP contribution in [0.25, 0.3) is 0 Å². The molecule has 1 unspecified atom stereocenters. The highest BCUT2D eigenvalue weighted by molar-refractivity contribution is 5.08. The molecule has 1 aromatic heterocycles. The molecule has 1 heterocycles. The van der Waals surface area contributed by atoms with Crippen molar-refractivity contribution in [3.8, 4) is 0 Å². The quantitative estimate of drug-likeness (QED) is 0.698. The molecule has 4 heteroatoms. The molecule has 1 atom stereocenters. The number of aromatic nitrogens is 1. The van der Waals surface area contributed by atoms with Gasteiger partial charge in [-0.05, 0) is 25.1 Å². The monoisotopic (exact) mass is 170 g/mol. The molecule has 1 rings (SSSR count). The normalized spacial score (nSPS) is 12.9. The van der Waals surface area contributed by atoms with E-state index in [-0.39, 0.29) is 0 Å². The number of halogens is 1. The van der Waals surface area contributed by atoms with Crippen LogP contribution in [0.2, 0.25) is 0 Å². The third-order valence-electron chi connectivity index (χ3n) is 1.52. The maximum absolute atomic E-state index is 12.6. The smallest absolute Gasteiger partial charge is 0.126 e. The molecule has 0 saturated heterocycles. The van der Waals surface area contributed by atoms with Crippen LogP contribution in [0.1, 0.15) is 18.2 Å². The maximum Gasteiger partial charge on any atom is 0.126 e. The van der Waals surface area contributed by atoms with Crippen LogP contribution in [-0.4, -0.2) is 16.6 Å². The van der Waals surface area contributed by atoms with Crippen LogP contribution in [0.4, 0.5) is 4.39 Å². The number of nitrogens with zero attached hydrogens (tertiary/aromatic N) is 1. The second-order valence-electron chi connectivity index (χ2n) is 2.49. The largest absolute Gasteiger partial charge is 0.387 e. The first-order valence-corrected chi connectivity index (χ1v) is 3.73. The highest BCUT2D eigenvalue weighted by Crippen LogP contribution is 2.13. The first-order valence-electron chi connectivity index (χ1n) is 3.73. The minimum absolute atomic E-state index is 0.334. The van der Waals surface area contributed by atoms with Gasteiger partial charge < -0.3 is 10.8 Å². The molecule has 0 spiro atoms. The third kappa shape index (κ3) is 2.25. The van der Waals surface area contributed by atoms with E-state index in [1.807, 2.05) is 0 Å². The Morgan fingerprint density at radius 1 is 1.67 bits per heavy atom. The number of pyridine rings is 1. The molecular weight excluding hydrogens is 159 g/mol. The van der Waals surface area contributed by atoms with Gasteiger partial charge in [0.25, 0.3) is 0 Å². The molecule has 0 fully saturated rings. The lowest BCUT2D eigenvalue weighted by Crippen LogP contribution is -2.08. The summed E-state index contributed by atoms with van der Waals surface area (Å²) in [5.74, 6) is -0.393. The molecule has 3 nitrogen and oxygen atoms in total. The van der Waals surface area contributed by atoms with Crippen molar-refractivity contribution in [1.82, 2.24) is 4.98 Å². The Labute approximate surface area is 70.0 Å². The van der Waals surface area contributed by atoms with Crippen molar-refractivity contribution in [2.24, 2.45) is 5.73 Å². The van der Waals surface area contributed by atoms with Crippen LogP contribution in [0, 0.1) is 5.82 Å². The maximum atomic E-state index is 12.6. The highest BCUT2D eigenvalue weighted by atomic mass is 19.1. The van der Waals surface area contributed by atoms with Gasteiger partial charge in [0.05, 0.1) is 11.8 Å². The summed E-state index contributed by atoms with van der Waals surface area (Å²) >= 11 is 0. The molecule has 66 valence electrons. The van der Waals surface area contributed by atoms with Gasteiger partial charge in [0.15, 0.2) is 0 Å². The molecule has 0 aliphatic heterocycles. The topological polar surface area (TPSA) is 59.1 Å². The van der Waals surface area contributed by atoms with Crippen molar-refractivity contribution in [3.05, 3.63) is 29.8 Å². The Bertz CT molecular complexity index is 255. The fourth-order valence-electron chi connectivity index (χ4n) is 0.909. The van der Waals surface area contributed by atoms with Crippen LogP contribution >= 0.6 is 0 Å². The zero-order valence-corrected chi connectivity index (χ0v) is 6.57. The Hall–Kier alpha value is -1.00. The van der Waals surface area contributed by atoms with E-state index >= 15 is 0 Å². The minimum atomic E-state index is -0.759. The molecule has 3 N–H and O–H groups in total. The van der Waals surface area contributed by atoms with E-state index in [9.17, 15) is 9.50 Å². The number of rotatable bonds is 3. The lowest BCUT2D eigenvalue weighted by molar-refractivity contribution is 0.165. The van der Waals surface area contributed by atoms with Crippen molar-refractivity contribution in [2.75, 3.05) is 6.54 Å². The van der Waals surface area contributed by atoms with Gasteiger partial charge >= 0.3 is 0 Å². The van der Waals surface area contributed by atoms with Crippen molar-refractivity contribution < 1.29 is 9.50 Å². The Balaban J connectivity index is 2.73. The van der Waals surface area contributed by atoms with Crippen molar-refractivity contribution >= 4 is 0 Å². The van der Waals surface area contributed by atoms with Crippen LogP contribution < -0.4 is 5.73 Å². The summed E-state index contributed by atoms with van der Waals surface area (Å²) in [5, 5.41) is 9.34. The molecule has 0 saturated carbocycles. The average molecular weight is 170 g/mol. The van der Waals surface area contributed by atoms with Gasteiger partial charge in [0.1, 0.15) is 5.82 Å². The molecule has 0 radical (unpaired) electrons. The lowest BCUT2D eigenvalue weighted by atomic mass is 10.2. The number of hydrogen-bond donors (Lipinski definition) is 2. The fourth-order valence-corrected chi connectivity index (χ4v) is 0.909. The second kappa shape index (κ2) is 4.13. The Kier molecular flexibility index (Phi) is 3.13. The van der Waals surface area contributed by atoms with Crippen molar-refractivity contribution in [3.63, 3.8) is 0 Å². The standard InChI is InChI=1S/C8H11FN2O/c9-6-2-4-11-7(5-6)8(12)1-3-10/h2,4-5,8,12H,1,3,10H2. The highest BCUT2D eigenvalue weighted by Gasteiger charge is 2.07. The van der Waals surface area contributed by atoms with Gasteiger partial charge in [0, 0.05) is 6.20 Å². The van der Waals surface area contributed by atoms with Crippen LogP contribution in [0.3, 0.4) is 0 Å². The van der Waals surface area contributed by atoms with E-state index in [1.54, 1.807) is 0 Å². The van der Waals surface area contributed by atoms with Crippen LogP contribution in [-0.2, 0) is 0 Å². The average Bonchev–Trinajstić information content (AvgIpc) is 2.05. The number of aliphatic hydroxyl groups excluding tert-OH is 1. The molecule has 0 aromatic carbocycles. The van der Waals surface area contributed by atoms with E-state index in [0.29, 0.717) is 18.7 Å². The zero-order chi connectivity index (χ0) is 8.97. The SMILES string of the molecule is NCCC(O)c1cc(F)ccn1. The van der Waals surface area contributed by atoms with E-state index in [4.69, 9.17) is 5.73 Å². The molecule has 12 heavy (non-hydrogen) atoms. The van der Waals surface area contributed by atoms with E-state index < -0.39 is 11.9 Å². The fraction of sp³-hybridized carbons (Fsp3) is 0.375. The Morgan fingerprint density at radius 2 is 2.42 bits per heavy atom. The summed E-state index contributed by atoms with van der Waals surface area (Å²) in [5.41, 5.74) is 5.56. The third-order valence-corrected chi connectivity index (χ3v) is 1.52. The Morgan fingerprint density at radius 3 is 3.00 bits per heavy atom. The first kappa shape index (κ1) is 9.09. The molecule has 0 bridgehead atoms. The van der Waals surface area contributed by atoms with Crippen LogP contribution in [0.15, 0.2) is 18.3 Å². The summed E-state index contributed by atoms with van der Waals surface area (Å²) < 4.78 is 12.6. The van der Waals surface area contributed by atoms with Crippen LogP contribution in [0.5, 0.6) is 0 Å². The molecule has 0 amide bonds. The summed E-state index contributed by atoms with van der Waals surface area (Å²) in [4.78, 5) is 3.81. The molecular formula is C8H11FN2O. The lowest BCUT2D eigenvalue weighted by Gasteiger charge is -2.07. The number of hydrogen-bond acceptors (Lipinski definition) is 3. The van der Waals surface area contributed by atoms with E-state index in [1.165, 1.54) is 18.3 Å². The number of aliphatic hydroxyl groups is 1. The van der Waals surface area contributed by atoms with Gasteiger partial charge in [-0.25, -0.2) is 4.39 Å². The summed E-state index contributed by atoms with van der Waals surface area (Å²) in [6.45, 7) is 0.360. The van der Waals surface area contributed by atoms with Gasteiger partial charge in [0.2, 0.25) is 0 Å². The second-order valence-corrected chi connectivity index (χ2v) is 2.49. The number of nitrogens with two attached hydrogens (primary N) is 1. The first-order chi connectivity index (χ1) is 5.74.